The third-order valence-corrected chi connectivity index (χ3v) is 4.00. The van der Waals surface area contributed by atoms with Crippen LogP contribution >= 0.6 is 23.2 Å². The van der Waals surface area contributed by atoms with Crippen LogP contribution in [-0.4, -0.2) is 18.0 Å². The monoisotopic (exact) mass is 387 g/mol. The lowest BCUT2D eigenvalue weighted by Crippen LogP contribution is -2.13. The second-order valence-electron chi connectivity index (χ2n) is 5.37. The topological polar surface area (TPSA) is 63.2 Å². The highest BCUT2D eigenvalue weighted by atomic mass is 35.5. The number of rotatable bonds is 5. The number of benzene rings is 2. The van der Waals surface area contributed by atoms with Crippen molar-refractivity contribution in [3.05, 3.63) is 76.4 Å². The zero-order valence-corrected chi connectivity index (χ0v) is 15.3. The van der Waals surface area contributed by atoms with Crippen LogP contribution in [0.4, 0.5) is 17.2 Å². The minimum atomic E-state index is -0.313. The molecule has 0 saturated carbocycles. The summed E-state index contributed by atoms with van der Waals surface area (Å²) in [7, 11) is 1.52. The maximum Gasteiger partial charge on any atom is 0.257 e. The average molecular weight is 388 g/mol. The van der Waals surface area contributed by atoms with E-state index in [9.17, 15) is 4.79 Å². The second-order valence-corrected chi connectivity index (χ2v) is 6.24. The zero-order valence-electron chi connectivity index (χ0n) is 13.8. The Morgan fingerprint density at radius 2 is 1.85 bits per heavy atom. The summed E-state index contributed by atoms with van der Waals surface area (Å²) in [5.74, 6) is 0.812. The summed E-state index contributed by atoms with van der Waals surface area (Å²) in [4.78, 5) is 16.7. The van der Waals surface area contributed by atoms with E-state index in [1.807, 2.05) is 12.1 Å². The molecule has 0 aliphatic carbocycles. The lowest BCUT2D eigenvalue weighted by molar-refractivity contribution is 0.102. The molecule has 1 aromatic heterocycles. The van der Waals surface area contributed by atoms with Crippen molar-refractivity contribution in [1.29, 1.82) is 0 Å². The minimum absolute atomic E-state index is 0.313. The Morgan fingerprint density at radius 1 is 1.04 bits per heavy atom. The molecule has 2 N–H and O–H groups in total. The Kier molecular flexibility index (Phi) is 5.61. The highest BCUT2D eigenvalue weighted by Crippen LogP contribution is 2.28. The van der Waals surface area contributed by atoms with E-state index < -0.39 is 0 Å². The average Bonchev–Trinajstić information content (AvgIpc) is 2.62. The molecule has 0 radical (unpaired) electrons. The minimum Gasteiger partial charge on any atom is -0.495 e. The van der Waals surface area contributed by atoms with E-state index in [0.717, 1.165) is 5.69 Å². The molecule has 0 spiro atoms. The van der Waals surface area contributed by atoms with Crippen LogP contribution in [0.5, 0.6) is 5.75 Å². The third kappa shape index (κ3) is 4.45. The Balaban J connectivity index is 1.72. The number of amides is 1. The van der Waals surface area contributed by atoms with E-state index >= 15 is 0 Å². The quantitative estimate of drug-likeness (QED) is 0.615. The number of ether oxygens (including phenoxy) is 1. The van der Waals surface area contributed by atoms with Crippen molar-refractivity contribution >= 4 is 46.3 Å². The molecule has 0 aliphatic heterocycles. The fourth-order valence-electron chi connectivity index (χ4n) is 2.29. The van der Waals surface area contributed by atoms with Gasteiger partial charge in [-0.25, -0.2) is 4.98 Å². The summed E-state index contributed by atoms with van der Waals surface area (Å²) in [6, 6.07) is 15.7. The van der Waals surface area contributed by atoms with Gasteiger partial charge in [0.25, 0.3) is 5.91 Å². The first-order valence-electron chi connectivity index (χ1n) is 7.69. The third-order valence-electron chi connectivity index (χ3n) is 3.53. The van der Waals surface area contributed by atoms with Crippen molar-refractivity contribution in [2.24, 2.45) is 0 Å². The molecule has 3 aromatic rings. The van der Waals surface area contributed by atoms with E-state index in [4.69, 9.17) is 27.9 Å². The van der Waals surface area contributed by atoms with Crippen LogP contribution in [-0.2, 0) is 0 Å². The van der Waals surface area contributed by atoms with E-state index in [2.05, 4.69) is 15.6 Å². The van der Waals surface area contributed by atoms with Crippen molar-refractivity contribution in [3.63, 3.8) is 0 Å². The smallest absolute Gasteiger partial charge is 0.257 e. The van der Waals surface area contributed by atoms with Gasteiger partial charge in [-0.05, 0) is 48.5 Å². The van der Waals surface area contributed by atoms with Gasteiger partial charge in [0, 0.05) is 21.9 Å². The fourth-order valence-corrected chi connectivity index (χ4v) is 2.65. The summed E-state index contributed by atoms with van der Waals surface area (Å²) in [6.45, 7) is 0. The standard InChI is InChI=1S/C19H15Cl2N3O2/c1-26-17-7-6-14(21)10-16(17)24-19(25)12-5-8-18(22-11-12)23-15-4-2-3-13(20)9-15/h2-11H,1H3,(H,22,23)(H,24,25). The van der Waals surface area contributed by atoms with Gasteiger partial charge >= 0.3 is 0 Å². The van der Waals surface area contributed by atoms with Crippen molar-refractivity contribution in [2.75, 3.05) is 17.7 Å². The summed E-state index contributed by atoms with van der Waals surface area (Å²) < 4.78 is 5.22. The lowest BCUT2D eigenvalue weighted by atomic mass is 10.2. The summed E-state index contributed by atoms with van der Waals surface area (Å²) in [6.07, 6.45) is 1.49. The largest absolute Gasteiger partial charge is 0.495 e. The number of nitrogens with one attached hydrogen (secondary N) is 2. The van der Waals surface area contributed by atoms with E-state index in [0.29, 0.717) is 32.9 Å². The lowest BCUT2D eigenvalue weighted by Gasteiger charge is -2.11. The molecular weight excluding hydrogens is 373 g/mol. The molecule has 0 unspecified atom stereocenters. The van der Waals surface area contributed by atoms with Gasteiger partial charge in [-0.1, -0.05) is 29.3 Å². The highest BCUT2D eigenvalue weighted by molar-refractivity contribution is 6.31. The predicted octanol–water partition coefficient (Wildman–Crippen LogP) is 5.39. The first-order valence-corrected chi connectivity index (χ1v) is 8.44. The van der Waals surface area contributed by atoms with Gasteiger partial charge in [-0.3, -0.25) is 4.79 Å². The van der Waals surface area contributed by atoms with Gasteiger partial charge in [-0.2, -0.15) is 0 Å². The first kappa shape index (κ1) is 18.0. The van der Waals surface area contributed by atoms with Crippen LogP contribution in [0.2, 0.25) is 10.0 Å². The maximum absolute atomic E-state index is 12.4. The van der Waals surface area contributed by atoms with E-state index in [1.54, 1.807) is 42.5 Å². The number of carbonyl (C=O) groups is 1. The molecule has 0 aliphatic rings. The molecule has 26 heavy (non-hydrogen) atoms. The van der Waals surface area contributed by atoms with Gasteiger partial charge in [-0.15, -0.1) is 0 Å². The number of pyridine rings is 1. The number of carbonyl (C=O) groups excluding carboxylic acids is 1. The van der Waals surface area contributed by atoms with Gasteiger partial charge in [0.05, 0.1) is 18.4 Å². The summed E-state index contributed by atoms with van der Waals surface area (Å²) >= 11 is 11.9. The highest BCUT2D eigenvalue weighted by Gasteiger charge is 2.11. The summed E-state index contributed by atoms with van der Waals surface area (Å²) in [5.41, 5.74) is 1.71. The van der Waals surface area contributed by atoms with Crippen LogP contribution in [0.15, 0.2) is 60.8 Å². The number of aromatic nitrogens is 1. The summed E-state index contributed by atoms with van der Waals surface area (Å²) in [5, 5.41) is 7.02. The Morgan fingerprint density at radius 3 is 2.54 bits per heavy atom. The maximum atomic E-state index is 12.4. The number of anilines is 3. The second kappa shape index (κ2) is 8.08. The molecule has 7 heteroatoms. The van der Waals surface area contributed by atoms with Crippen LogP contribution < -0.4 is 15.4 Å². The molecule has 1 amide bonds. The van der Waals surface area contributed by atoms with Crippen molar-refractivity contribution in [1.82, 2.24) is 4.98 Å². The molecule has 0 saturated heterocycles. The molecule has 0 fully saturated rings. The zero-order chi connectivity index (χ0) is 18.5. The van der Waals surface area contributed by atoms with Gasteiger partial charge in [0.1, 0.15) is 11.6 Å². The van der Waals surface area contributed by atoms with Crippen LogP contribution in [0.1, 0.15) is 10.4 Å². The van der Waals surface area contributed by atoms with Gasteiger partial charge in [0.2, 0.25) is 0 Å². The molecule has 132 valence electrons. The fraction of sp³-hybridized carbons (Fsp3) is 0.0526. The Labute approximate surface area is 160 Å². The molecule has 1 heterocycles. The number of nitrogens with zero attached hydrogens (tertiary/aromatic N) is 1. The molecular formula is C19H15Cl2N3O2. The number of hydrogen-bond acceptors (Lipinski definition) is 4. The Bertz CT molecular complexity index is 930. The van der Waals surface area contributed by atoms with Crippen LogP contribution in [0, 0.1) is 0 Å². The predicted molar refractivity (Wildman–Crippen MR) is 105 cm³/mol. The normalized spacial score (nSPS) is 10.3. The number of hydrogen-bond donors (Lipinski definition) is 2. The van der Waals surface area contributed by atoms with Crippen LogP contribution in [0.25, 0.3) is 0 Å². The van der Waals surface area contributed by atoms with Gasteiger partial charge < -0.3 is 15.4 Å². The van der Waals surface area contributed by atoms with E-state index in [-0.39, 0.29) is 5.91 Å². The van der Waals surface area contributed by atoms with E-state index in [1.165, 1.54) is 13.3 Å². The van der Waals surface area contributed by atoms with Gasteiger partial charge in [0.15, 0.2) is 0 Å². The van der Waals surface area contributed by atoms with Crippen molar-refractivity contribution in [2.45, 2.75) is 0 Å². The molecule has 2 aromatic carbocycles. The SMILES string of the molecule is COc1ccc(Cl)cc1NC(=O)c1ccc(Nc2cccc(Cl)c2)nc1. The molecule has 0 atom stereocenters. The first-order chi connectivity index (χ1) is 12.5. The van der Waals surface area contributed by atoms with Crippen molar-refractivity contribution < 1.29 is 9.53 Å². The molecule has 3 rings (SSSR count). The molecule has 5 nitrogen and oxygen atoms in total. The molecule has 0 bridgehead atoms. The van der Waals surface area contributed by atoms with Crippen LogP contribution in [0.3, 0.4) is 0 Å². The number of halogens is 2. The number of methoxy groups -OCH3 is 1. The Hall–Kier alpha value is -2.76. The van der Waals surface area contributed by atoms with Crippen molar-refractivity contribution in [3.8, 4) is 5.75 Å².